The second-order valence-electron chi connectivity index (χ2n) is 8.28. The molecule has 0 aliphatic carbocycles. The van der Waals surface area contributed by atoms with Crippen molar-refractivity contribution < 1.29 is 14.3 Å². The number of fused-ring (bicyclic) bond motifs is 2. The Labute approximate surface area is 164 Å². The fourth-order valence-corrected chi connectivity index (χ4v) is 3.29. The number of rotatable bonds is 3. The Morgan fingerprint density at radius 2 is 2.04 bits per heavy atom. The number of amides is 1. The van der Waals surface area contributed by atoms with Crippen LogP contribution >= 0.6 is 0 Å². The summed E-state index contributed by atoms with van der Waals surface area (Å²) in [5.41, 5.74) is 3.17. The van der Waals surface area contributed by atoms with Gasteiger partial charge in [-0.05, 0) is 47.7 Å². The minimum atomic E-state index is -0.673. The molecule has 2 N–H and O–H groups in total. The molecule has 3 aromatic rings. The molecule has 146 valence electrons. The topological polar surface area (TPSA) is 76.2 Å². The van der Waals surface area contributed by atoms with Crippen molar-refractivity contribution in [3.8, 4) is 11.5 Å². The van der Waals surface area contributed by atoms with E-state index in [0.717, 1.165) is 16.5 Å². The summed E-state index contributed by atoms with van der Waals surface area (Å²) < 4.78 is 11.7. The summed E-state index contributed by atoms with van der Waals surface area (Å²) in [7, 11) is 0. The van der Waals surface area contributed by atoms with Crippen LogP contribution in [0, 0.1) is 0 Å². The number of nitrogens with zero attached hydrogens (tertiary/aromatic N) is 1. The highest BCUT2D eigenvalue weighted by Gasteiger charge is 2.29. The number of carbonyl (C=O) groups is 1. The van der Waals surface area contributed by atoms with Crippen LogP contribution in [0.2, 0.25) is 0 Å². The fraction of sp³-hybridized carbons (Fsp3) is 0.364. The van der Waals surface area contributed by atoms with Crippen LogP contribution in [-0.2, 0) is 10.2 Å². The number of nitrogens with one attached hydrogen (secondary N) is 2. The molecule has 0 radical (unpaired) electrons. The Morgan fingerprint density at radius 1 is 1.21 bits per heavy atom. The summed E-state index contributed by atoms with van der Waals surface area (Å²) >= 11 is 0. The first-order chi connectivity index (χ1) is 13.3. The highest BCUT2D eigenvalue weighted by atomic mass is 16.6. The minimum absolute atomic E-state index is 0.0259. The van der Waals surface area contributed by atoms with Gasteiger partial charge in [-0.1, -0.05) is 32.9 Å². The normalized spacial score (nSPS) is 17.4. The Bertz CT molecular complexity index is 1020. The van der Waals surface area contributed by atoms with Crippen LogP contribution in [0.15, 0.2) is 42.6 Å². The molecule has 0 saturated carbocycles. The molecule has 1 aliphatic heterocycles. The molecule has 4 rings (SSSR count). The number of H-pyrrole nitrogens is 1. The largest absolute Gasteiger partial charge is 0.485 e. The van der Waals surface area contributed by atoms with E-state index in [1.807, 2.05) is 43.3 Å². The molecule has 0 fully saturated rings. The Kier molecular flexibility index (Phi) is 4.49. The fourth-order valence-electron chi connectivity index (χ4n) is 3.29. The summed E-state index contributed by atoms with van der Waals surface area (Å²) in [4.78, 5) is 12.7. The van der Waals surface area contributed by atoms with Crippen molar-refractivity contribution in [1.29, 1.82) is 0 Å². The minimum Gasteiger partial charge on any atom is -0.485 e. The van der Waals surface area contributed by atoms with Crippen molar-refractivity contribution in [3.05, 3.63) is 53.7 Å². The van der Waals surface area contributed by atoms with Crippen LogP contribution in [0.4, 0.5) is 0 Å². The molecule has 0 bridgehead atoms. The van der Waals surface area contributed by atoms with Crippen molar-refractivity contribution in [2.45, 2.75) is 45.3 Å². The summed E-state index contributed by atoms with van der Waals surface area (Å²) in [6.45, 7) is 8.59. The molecule has 2 heterocycles. The van der Waals surface area contributed by atoms with Crippen LogP contribution < -0.4 is 14.8 Å². The lowest BCUT2D eigenvalue weighted by atomic mass is 9.87. The van der Waals surface area contributed by atoms with E-state index in [-0.39, 0.29) is 24.0 Å². The van der Waals surface area contributed by atoms with Gasteiger partial charge in [-0.2, -0.15) is 5.10 Å². The van der Waals surface area contributed by atoms with E-state index in [0.29, 0.717) is 11.5 Å². The highest BCUT2D eigenvalue weighted by molar-refractivity contribution is 5.83. The smallest absolute Gasteiger partial charge is 0.265 e. The zero-order chi connectivity index (χ0) is 19.9. The first kappa shape index (κ1) is 18.3. The molecule has 1 aliphatic rings. The monoisotopic (exact) mass is 379 g/mol. The maximum Gasteiger partial charge on any atom is 0.265 e. The molecule has 1 unspecified atom stereocenters. The zero-order valence-electron chi connectivity index (χ0n) is 16.6. The van der Waals surface area contributed by atoms with Gasteiger partial charge in [-0.15, -0.1) is 0 Å². The van der Waals surface area contributed by atoms with Crippen LogP contribution in [0.1, 0.15) is 44.9 Å². The number of ether oxygens (including phenoxy) is 2. The van der Waals surface area contributed by atoms with Gasteiger partial charge in [0.15, 0.2) is 11.5 Å². The number of carbonyl (C=O) groups excluding carboxylic acids is 1. The first-order valence-electron chi connectivity index (χ1n) is 9.48. The molecule has 1 aromatic heterocycles. The van der Waals surface area contributed by atoms with Gasteiger partial charge in [-0.25, -0.2) is 0 Å². The Hall–Kier alpha value is -3.02. The van der Waals surface area contributed by atoms with Crippen molar-refractivity contribution in [1.82, 2.24) is 15.5 Å². The number of aromatic amines is 1. The van der Waals surface area contributed by atoms with Crippen molar-refractivity contribution in [2.75, 3.05) is 6.61 Å². The van der Waals surface area contributed by atoms with Crippen LogP contribution in [0.3, 0.4) is 0 Å². The standard InChI is InChI=1S/C22H25N3O3/c1-13(14-5-7-17-15(9-14)11-23-25-17)24-21(26)20-12-27-19-10-16(22(2,3)4)6-8-18(19)28-20/h5-11,13,20H,12H2,1-4H3,(H,23,25)(H,24,26)/t13?,20-/m1/s1. The second-order valence-corrected chi connectivity index (χ2v) is 8.28. The van der Waals surface area contributed by atoms with Gasteiger partial charge in [-0.3, -0.25) is 9.89 Å². The van der Waals surface area contributed by atoms with E-state index in [9.17, 15) is 4.79 Å². The van der Waals surface area contributed by atoms with Crippen molar-refractivity contribution in [2.24, 2.45) is 0 Å². The summed E-state index contributed by atoms with van der Waals surface area (Å²) in [5.74, 6) is 1.10. The molecular weight excluding hydrogens is 354 g/mol. The van der Waals surface area contributed by atoms with Gasteiger partial charge in [0.05, 0.1) is 17.8 Å². The molecule has 2 atom stereocenters. The third kappa shape index (κ3) is 3.54. The van der Waals surface area contributed by atoms with E-state index >= 15 is 0 Å². The first-order valence-corrected chi connectivity index (χ1v) is 9.48. The lowest BCUT2D eigenvalue weighted by Crippen LogP contribution is -2.44. The number of hydrogen-bond acceptors (Lipinski definition) is 4. The summed E-state index contributed by atoms with van der Waals surface area (Å²) in [6, 6.07) is 11.7. The molecule has 1 amide bonds. The zero-order valence-corrected chi connectivity index (χ0v) is 16.6. The third-order valence-corrected chi connectivity index (χ3v) is 5.08. The average molecular weight is 379 g/mol. The molecular formula is C22H25N3O3. The second kappa shape index (κ2) is 6.86. The molecule has 2 aromatic carbocycles. The van der Waals surface area contributed by atoms with Gasteiger partial charge in [0.2, 0.25) is 6.10 Å². The molecule has 28 heavy (non-hydrogen) atoms. The Balaban J connectivity index is 1.44. The Morgan fingerprint density at radius 3 is 2.82 bits per heavy atom. The van der Waals surface area contributed by atoms with Gasteiger partial charge < -0.3 is 14.8 Å². The van der Waals surface area contributed by atoms with E-state index in [1.54, 1.807) is 6.20 Å². The predicted molar refractivity (Wildman–Crippen MR) is 108 cm³/mol. The SMILES string of the molecule is CC(NC(=O)[C@H]1COc2cc(C(C)(C)C)ccc2O1)c1ccc2[nH]ncc2c1. The van der Waals surface area contributed by atoms with Crippen molar-refractivity contribution in [3.63, 3.8) is 0 Å². The maximum absolute atomic E-state index is 12.7. The van der Waals surface area contributed by atoms with Gasteiger partial charge >= 0.3 is 0 Å². The van der Waals surface area contributed by atoms with Crippen LogP contribution in [0.5, 0.6) is 11.5 Å². The van der Waals surface area contributed by atoms with Gasteiger partial charge in [0.25, 0.3) is 5.91 Å². The number of benzene rings is 2. The van der Waals surface area contributed by atoms with Crippen molar-refractivity contribution >= 4 is 16.8 Å². The maximum atomic E-state index is 12.7. The number of hydrogen-bond donors (Lipinski definition) is 2. The molecule has 6 heteroatoms. The third-order valence-electron chi connectivity index (χ3n) is 5.08. The number of aromatic nitrogens is 2. The van der Waals surface area contributed by atoms with E-state index < -0.39 is 6.10 Å². The van der Waals surface area contributed by atoms with Crippen LogP contribution in [-0.4, -0.2) is 28.8 Å². The average Bonchev–Trinajstić information content (AvgIpc) is 3.14. The highest BCUT2D eigenvalue weighted by Crippen LogP contribution is 2.36. The van der Waals surface area contributed by atoms with E-state index in [2.05, 4.69) is 36.3 Å². The van der Waals surface area contributed by atoms with Crippen LogP contribution in [0.25, 0.3) is 10.9 Å². The quantitative estimate of drug-likeness (QED) is 0.724. The molecule has 0 spiro atoms. The lowest BCUT2D eigenvalue weighted by molar-refractivity contribution is -0.131. The summed E-state index contributed by atoms with van der Waals surface area (Å²) in [6.07, 6.45) is 1.10. The van der Waals surface area contributed by atoms with E-state index in [4.69, 9.17) is 9.47 Å². The lowest BCUT2D eigenvalue weighted by Gasteiger charge is -2.28. The van der Waals surface area contributed by atoms with Gasteiger partial charge in [0, 0.05) is 5.39 Å². The summed E-state index contributed by atoms with van der Waals surface area (Å²) in [5, 5.41) is 11.0. The molecule has 0 saturated heterocycles. The van der Waals surface area contributed by atoms with Gasteiger partial charge in [0.1, 0.15) is 6.61 Å². The van der Waals surface area contributed by atoms with E-state index in [1.165, 1.54) is 5.56 Å². The molecule has 6 nitrogen and oxygen atoms in total. The predicted octanol–water partition coefficient (Wildman–Crippen LogP) is 3.88.